The highest BCUT2D eigenvalue weighted by Crippen LogP contribution is 2.41. The first kappa shape index (κ1) is 35.0. The van der Waals surface area contributed by atoms with E-state index in [0.717, 1.165) is 80.0 Å². The molecule has 4 atom stereocenters. The van der Waals surface area contributed by atoms with Crippen LogP contribution in [0.25, 0.3) is 11.3 Å². The highest BCUT2D eigenvalue weighted by atomic mass is 16.5. The standard InChI is InChI=1S/C36H48N8O6/c1-21(39-35(47)49-3)33(45)43-17-5-7-29(43)31-37-19-27(41-31)25-13-9-23(10-14-25)24-11-15-26(16-12-24)28-20-38-32(42-28)30-8-6-18-44(30)34(46)22(2)40-36(48)50-4/h9-10,13-14,19-22,24,26,29-30H,5-8,11-12,15-18H2,1-4H3,(H,37,41)(H,38,42)(H,39,47)(H,40,48)/t21-,22-,24-,26-,29-,30-/m0/s1. The van der Waals surface area contributed by atoms with E-state index in [1.165, 1.54) is 19.8 Å². The molecular formula is C36H48N8O6. The first-order chi connectivity index (χ1) is 24.2. The fourth-order valence-corrected chi connectivity index (χ4v) is 7.78. The Morgan fingerprint density at radius 2 is 1.22 bits per heavy atom. The van der Waals surface area contributed by atoms with Gasteiger partial charge in [-0.25, -0.2) is 19.6 Å². The van der Waals surface area contributed by atoms with Crippen LogP contribution in [0.3, 0.4) is 0 Å². The third kappa shape index (κ3) is 7.48. The summed E-state index contributed by atoms with van der Waals surface area (Å²) in [6.45, 7) is 4.58. The molecular weight excluding hydrogens is 640 g/mol. The van der Waals surface area contributed by atoms with Crippen molar-refractivity contribution in [2.24, 2.45) is 0 Å². The molecule has 0 bridgehead atoms. The fourth-order valence-electron chi connectivity index (χ4n) is 7.78. The SMILES string of the molecule is COC(=O)N[C@@H](C)C(=O)N1CCC[C@H]1c1ncc(-c2ccc([C@H]3CC[C@H](c4cnc([C@@H]5CCCN5C(=O)[C@H](C)NC(=O)OC)[nH]4)CC3)cc2)[nH]1. The van der Waals surface area contributed by atoms with Crippen molar-refractivity contribution < 1.29 is 28.7 Å². The number of aromatic amines is 2. The lowest BCUT2D eigenvalue weighted by Gasteiger charge is -2.28. The molecule has 14 heteroatoms. The van der Waals surface area contributed by atoms with Crippen molar-refractivity contribution in [3.05, 3.63) is 59.6 Å². The van der Waals surface area contributed by atoms with Gasteiger partial charge in [-0.2, -0.15) is 0 Å². The third-order valence-corrected chi connectivity index (χ3v) is 10.6. The van der Waals surface area contributed by atoms with Crippen LogP contribution >= 0.6 is 0 Å². The second-order valence-corrected chi connectivity index (χ2v) is 13.7. The number of hydrogen-bond donors (Lipinski definition) is 4. The molecule has 4 amide bonds. The predicted molar refractivity (Wildman–Crippen MR) is 184 cm³/mol. The van der Waals surface area contributed by atoms with Crippen molar-refractivity contribution in [1.82, 2.24) is 40.4 Å². The number of amides is 4. The molecule has 2 aromatic heterocycles. The van der Waals surface area contributed by atoms with Crippen LogP contribution < -0.4 is 10.6 Å². The van der Waals surface area contributed by atoms with Crippen molar-refractivity contribution in [3.63, 3.8) is 0 Å². The number of ether oxygens (including phenoxy) is 2. The smallest absolute Gasteiger partial charge is 0.407 e. The topological polar surface area (TPSA) is 175 Å². The van der Waals surface area contributed by atoms with Crippen molar-refractivity contribution in [1.29, 1.82) is 0 Å². The Bertz CT molecular complexity index is 1660. The van der Waals surface area contributed by atoms with Gasteiger partial charge in [0.1, 0.15) is 23.7 Å². The first-order valence-corrected chi connectivity index (χ1v) is 17.7. The molecule has 3 fully saturated rings. The summed E-state index contributed by atoms with van der Waals surface area (Å²) in [5.74, 6) is 2.14. The van der Waals surface area contributed by atoms with Gasteiger partial charge in [0.05, 0.1) is 38.2 Å². The van der Waals surface area contributed by atoms with E-state index in [4.69, 9.17) is 4.98 Å². The molecule has 3 aromatic rings. The summed E-state index contributed by atoms with van der Waals surface area (Å²) in [6, 6.07) is 7.03. The zero-order valence-electron chi connectivity index (χ0n) is 29.2. The first-order valence-electron chi connectivity index (χ1n) is 17.7. The number of methoxy groups -OCH3 is 2. The molecule has 1 aliphatic carbocycles. The number of imidazole rings is 2. The summed E-state index contributed by atoms with van der Waals surface area (Å²) in [6.07, 6.45) is 10.2. The van der Waals surface area contributed by atoms with Gasteiger partial charge in [-0.05, 0) is 82.3 Å². The van der Waals surface area contributed by atoms with Crippen molar-refractivity contribution >= 4 is 24.0 Å². The maximum Gasteiger partial charge on any atom is 0.407 e. The molecule has 14 nitrogen and oxygen atoms in total. The largest absolute Gasteiger partial charge is 0.453 e. The van der Waals surface area contributed by atoms with Crippen LogP contribution in [-0.2, 0) is 19.1 Å². The van der Waals surface area contributed by atoms with Gasteiger partial charge in [0, 0.05) is 30.9 Å². The number of carbonyl (C=O) groups is 4. The number of rotatable bonds is 9. The van der Waals surface area contributed by atoms with E-state index in [0.29, 0.717) is 24.9 Å². The Morgan fingerprint density at radius 1 is 0.720 bits per heavy atom. The van der Waals surface area contributed by atoms with Crippen LogP contribution in [0.2, 0.25) is 0 Å². The molecule has 4 heterocycles. The highest BCUT2D eigenvalue weighted by molar-refractivity contribution is 5.86. The number of alkyl carbamates (subject to hydrolysis) is 2. The van der Waals surface area contributed by atoms with Gasteiger partial charge < -0.3 is 39.9 Å². The number of H-pyrrole nitrogens is 2. The van der Waals surface area contributed by atoms with Crippen LogP contribution in [0.1, 0.15) is 112 Å². The summed E-state index contributed by atoms with van der Waals surface area (Å²) >= 11 is 0. The molecule has 4 N–H and O–H groups in total. The van der Waals surface area contributed by atoms with Gasteiger partial charge in [-0.1, -0.05) is 24.3 Å². The molecule has 0 unspecified atom stereocenters. The van der Waals surface area contributed by atoms with Crippen molar-refractivity contribution in [2.45, 2.75) is 101 Å². The van der Waals surface area contributed by atoms with E-state index in [9.17, 15) is 19.2 Å². The average Bonchev–Trinajstić information content (AvgIpc) is 3.97. The van der Waals surface area contributed by atoms with E-state index in [1.54, 1.807) is 18.7 Å². The van der Waals surface area contributed by atoms with Gasteiger partial charge in [0.25, 0.3) is 0 Å². The Morgan fingerprint density at radius 3 is 1.76 bits per heavy atom. The summed E-state index contributed by atoms with van der Waals surface area (Å²) < 4.78 is 9.30. The van der Waals surface area contributed by atoms with Crippen LogP contribution in [-0.4, -0.2) is 93.1 Å². The Kier molecular flexibility index (Phi) is 10.7. The van der Waals surface area contributed by atoms with Crippen LogP contribution in [0.4, 0.5) is 9.59 Å². The molecule has 2 aliphatic heterocycles. The number of benzene rings is 1. The van der Waals surface area contributed by atoms with Gasteiger partial charge in [0.15, 0.2) is 0 Å². The second-order valence-electron chi connectivity index (χ2n) is 13.7. The summed E-state index contributed by atoms with van der Waals surface area (Å²) in [7, 11) is 2.56. The second kappa shape index (κ2) is 15.3. The number of hydrogen-bond acceptors (Lipinski definition) is 8. The fraction of sp³-hybridized carbons (Fsp3) is 0.556. The van der Waals surface area contributed by atoms with Gasteiger partial charge in [-0.3, -0.25) is 9.59 Å². The maximum atomic E-state index is 13.1. The molecule has 268 valence electrons. The number of nitrogens with zero attached hydrogens (tertiary/aromatic N) is 4. The number of nitrogens with one attached hydrogen (secondary N) is 4. The van der Waals surface area contributed by atoms with Crippen LogP contribution in [0, 0.1) is 0 Å². The lowest BCUT2D eigenvalue weighted by Crippen LogP contribution is -2.46. The summed E-state index contributed by atoms with van der Waals surface area (Å²) in [4.78, 5) is 69.4. The van der Waals surface area contributed by atoms with Crippen molar-refractivity contribution in [3.8, 4) is 11.3 Å². The van der Waals surface area contributed by atoms with Gasteiger partial charge in [-0.15, -0.1) is 0 Å². The van der Waals surface area contributed by atoms with Gasteiger partial charge >= 0.3 is 12.2 Å². The van der Waals surface area contributed by atoms with Gasteiger partial charge in [0.2, 0.25) is 11.8 Å². The van der Waals surface area contributed by atoms with E-state index < -0.39 is 24.3 Å². The molecule has 6 rings (SSSR count). The highest BCUT2D eigenvalue weighted by Gasteiger charge is 2.36. The van der Waals surface area contributed by atoms with E-state index in [2.05, 4.69) is 59.3 Å². The predicted octanol–water partition coefficient (Wildman–Crippen LogP) is 5.06. The Labute approximate surface area is 292 Å². The summed E-state index contributed by atoms with van der Waals surface area (Å²) in [5, 5.41) is 5.14. The normalized spacial score (nSPS) is 23.3. The molecule has 0 spiro atoms. The third-order valence-electron chi connectivity index (χ3n) is 10.6. The quantitative estimate of drug-likeness (QED) is 0.241. The summed E-state index contributed by atoms with van der Waals surface area (Å²) in [5.41, 5.74) is 4.40. The monoisotopic (exact) mass is 688 g/mol. The molecule has 1 aromatic carbocycles. The Hall–Kier alpha value is -4.88. The lowest BCUT2D eigenvalue weighted by molar-refractivity contribution is -0.134. The number of carbonyl (C=O) groups excluding carboxylic acids is 4. The van der Waals surface area contributed by atoms with E-state index in [1.807, 2.05) is 17.3 Å². The Balaban J connectivity index is 1.03. The number of aromatic nitrogens is 4. The van der Waals surface area contributed by atoms with E-state index in [-0.39, 0.29) is 23.9 Å². The lowest BCUT2D eigenvalue weighted by atomic mass is 9.77. The van der Waals surface area contributed by atoms with E-state index >= 15 is 0 Å². The van der Waals surface area contributed by atoms with Crippen LogP contribution in [0.15, 0.2) is 36.7 Å². The molecule has 50 heavy (non-hydrogen) atoms. The van der Waals surface area contributed by atoms with Crippen molar-refractivity contribution in [2.75, 3.05) is 27.3 Å². The zero-order chi connectivity index (χ0) is 35.4. The maximum absolute atomic E-state index is 13.1. The zero-order valence-corrected chi connectivity index (χ0v) is 29.2. The molecule has 1 saturated carbocycles. The van der Waals surface area contributed by atoms with Crippen LogP contribution in [0.5, 0.6) is 0 Å². The minimum Gasteiger partial charge on any atom is -0.453 e. The number of likely N-dealkylation sites (tertiary alicyclic amines) is 2. The minimum absolute atomic E-state index is 0.127. The molecule has 3 aliphatic rings. The average molecular weight is 689 g/mol. The molecule has 0 radical (unpaired) electrons. The minimum atomic E-state index is -0.690. The molecule has 2 saturated heterocycles.